The number of nitrogens with zero attached hydrogens (tertiary/aromatic N) is 2. The first-order valence-corrected chi connectivity index (χ1v) is 9.30. The molecule has 0 saturated carbocycles. The van der Waals surface area contributed by atoms with Crippen LogP contribution < -0.4 is 11.0 Å². The monoisotopic (exact) mass is 380 g/mol. The molecule has 0 aliphatic carbocycles. The lowest BCUT2D eigenvalue weighted by atomic mass is 10.1. The Morgan fingerprint density at radius 1 is 1.30 bits per heavy atom. The van der Waals surface area contributed by atoms with Gasteiger partial charge in [0.05, 0.1) is 18.0 Å². The van der Waals surface area contributed by atoms with Crippen LogP contribution in [0.1, 0.15) is 28.8 Å². The summed E-state index contributed by atoms with van der Waals surface area (Å²) in [7, 11) is 0. The van der Waals surface area contributed by atoms with Crippen molar-refractivity contribution in [1.82, 2.24) is 15.4 Å². The zero-order valence-corrected chi connectivity index (χ0v) is 16.2. The number of rotatable bonds is 5. The van der Waals surface area contributed by atoms with Gasteiger partial charge in [0.1, 0.15) is 10.7 Å². The molecule has 7 heteroatoms. The number of aryl methyl sites for hydroxylation is 2. The first kappa shape index (κ1) is 18.7. The van der Waals surface area contributed by atoms with Crippen LogP contribution in [0.3, 0.4) is 0 Å². The summed E-state index contributed by atoms with van der Waals surface area (Å²) in [6.45, 7) is 5.75. The van der Waals surface area contributed by atoms with Crippen molar-refractivity contribution in [2.24, 2.45) is 5.10 Å². The van der Waals surface area contributed by atoms with Gasteiger partial charge in [-0.3, -0.25) is 9.59 Å². The average Bonchev–Trinajstić information content (AvgIpc) is 2.90. The van der Waals surface area contributed by atoms with Gasteiger partial charge in [0.2, 0.25) is 5.91 Å². The minimum absolute atomic E-state index is 0.0417. The molecule has 0 radical (unpaired) electrons. The third-order valence-electron chi connectivity index (χ3n) is 4.07. The van der Waals surface area contributed by atoms with Gasteiger partial charge in [0, 0.05) is 4.88 Å². The molecule has 6 nitrogen and oxygen atoms in total. The Kier molecular flexibility index (Phi) is 5.61. The summed E-state index contributed by atoms with van der Waals surface area (Å²) in [5, 5.41) is 4.55. The number of fused-ring (bicyclic) bond motifs is 1. The summed E-state index contributed by atoms with van der Waals surface area (Å²) in [5.74, 6) is -0.00994. The number of hydrazone groups is 1. The minimum atomic E-state index is -0.341. The van der Waals surface area contributed by atoms with E-state index in [4.69, 9.17) is 0 Å². The highest BCUT2D eigenvalue weighted by molar-refractivity contribution is 7.18. The van der Waals surface area contributed by atoms with E-state index in [9.17, 15) is 9.59 Å². The van der Waals surface area contributed by atoms with Crippen LogP contribution in [0.2, 0.25) is 0 Å². The molecule has 0 saturated heterocycles. The number of hydrogen-bond donors (Lipinski definition) is 2. The first-order valence-electron chi connectivity index (χ1n) is 8.48. The zero-order valence-electron chi connectivity index (χ0n) is 15.4. The summed E-state index contributed by atoms with van der Waals surface area (Å²) in [5.41, 5.74) is 5.15. The molecule has 0 unspecified atom stereocenters. The van der Waals surface area contributed by atoms with E-state index in [2.05, 4.69) is 20.5 Å². The van der Waals surface area contributed by atoms with Crippen LogP contribution >= 0.6 is 11.3 Å². The van der Waals surface area contributed by atoms with E-state index >= 15 is 0 Å². The largest absolute Gasteiger partial charge is 0.309 e. The molecule has 0 aliphatic heterocycles. The summed E-state index contributed by atoms with van der Waals surface area (Å²) in [6.07, 6.45) is 3.50. The van der Waals surface area contributed by atoms with Crippen LogP contribution in [0, 0.1) is 13.8 Å². The molecule has 0 atom stereocenters. The molecule has 1 aromatic carbocycles. The summed E-state index contributed by atoms with van der Waals surface area (Å²) < 4.78 is 0. The van der Waals surface area contributed by atoms with Crippen molar-refractivity contribution in [3.8, 4) is 0 Å². The van der Waals surface area contributed by atoms with Gasteiger partial charge in [-0.1, -0.05) is 36.4 Å². The highest BCUT2D eigenvalue weighted by Crippen LogP contribution is 2.25. The Labute approximate surface area is 160 Å². The SMILES string of the molecule is CC(/C=N/NC(=O)Cc1nc2sc(C)c(C)c2c(=O)[nH]1)=C\c1ccccc1. The number of benzene rings is 1. The standard InChI is InChI=1S/C20H20N4O2S/c1-12(9-15-7-5-4-6-8-15)11-21-24-17(25)10-16-22-19(26)18-13(2)14(3)27-20(18)23-16/h4-9,11H,10H2,1-3H3,(H,24,25)(H,22,23,26)/b12-9+,21-11+. The Hall–Kier alpha value is -3.06. The van der Waals surface area contributed by atoms with Crippen LogP contribution in [0.5, 0.6) is 0 Å². The lowest BCUT2D eigenvalue weighted by molar-refractivity contribution is -0.120. The van der Waals surface area contributed by atoms with Gasteiger partial charge in [0.15, 0.2) is 0 Å². The minimum Gasteiger partial charge on any atom is -0.309 e. The zero-order chi connectivity index (χ0) is 19.4. The van der Waals surface area contributed by atoms with Crippen molar-refractivity contribution in [1.29, 1.82) is 0 Å². The fourth-order valence-corrected chi connectivity index (χ4v) is 3.68. The Morgan fingerprint density at radius 3 is 2.78 bits per heavy atom. The predicted octanol–water partition coefficient (Wildman–Crippen LogP) is 3.35. The third-order valence-corrected chi connectivity index (χ3v) is 5.17. The van der Waals surface area contributed by atoms with Gasteiger partial charge in [-0.25, -0.2) is 10.4 Å². The molecule has 138 valence electrons. The van der Waals surface area contributed by atoms with Crippen molar-refractivity contribution in [3.63, 3.8) is 0 Å². The number of amides is 1. The summed E-state index contributed by atoms with van der Waals surface area (Å²) in [6, 6.07) is 9.85. The highest BCUT2D eigenvalue weighted by atomic mass is 32.1. The van der Waals surface area contributed by atoms with Crippen LogP contribution in [0.4, 0.5) is 0 Å². The molecule has 2 N–H and O–H groups in total. The molecule has 0 spiro atoms. The normalized spacial score (nSPS) is 12.0. The molecule has 27 heavy (non-hydrogen) atoms. The second kappa shape index (κ2) is 8.09. The van der Waals surface area contributed by atoms with Gasteiger partial charge in [-0.05, 0) is 37.5 Å². The number of thiophene rings is 1. The van der Waals surface area contributed by atoms with Crippen LogP contribution in [0.25, 0.3) is 16.3 Å². The van der Waals surface area contributed by atoms with E-state index in [1.165, 1.54) is 11.3 Å². The molecule has 3 aromatic rings. The lowest BCUT2D eigenvalue weighted by Crippen LogP contribution is -2.23. The van der Waals surface area contributed by atoms with E-state index in [-0.39, 0.29) is 17.9 Å². The number of aromatic amines is 1. The topological polar surface area (TPSA) is 87.2 Å². The number of carbonyl (C=O) groups excluding carboxylic acids is 1. The fraction of sp³-hybridized carbons (Fsp3) is 0.200. The second-order valence-corrected chi connectivity index (χ2v) is 7.45. The Morgan fingerprint density at radius 2 is 2.04 bits per heavy atom. The lowest BCUT2D eigenvalue weighted by Gasteiger charge is -2.01. The van der Waals surface area contributed by atoms with Gasteiger partial charge in [-0.15, -0.1) is 11.3 Å². The fourth-order valence-electron chi connectivity index (χ4n) is 2.63. The van der Waals surface area contributed by atoms with E-state index in [0.29, 0.717) is 16.0 Å². The number of hydrogen-bond acceptors (Lipinski definition) is 5. The maximum Gasteiger partial charge on any atom is 0.259 e. The molecular formula is C20H20N4O2S. The Bertz CT molecular complexity index is 1090. The van der Waals surface area contributed by atoms with Crippen LogP contribution in [-0.2, 0) is 11.2 Å². The van der Waals surface area contributed by atoms with Gasteiger partial charge in [-0.2, -0.15) is 5.10 Å². The van der Waals surface area contributed by atoms with E-state index in [0.717, 1.165) is 21.6 Å². The maximum atomic E-state index is 12.2. The van der Waals surface area contributed by atoms with E-state index < -0.39 is 0 Å². The molecule has 2 aromatic heterocycles. The Balaban J connectivity index is 1.65. The van der Waals surface area contributed by atoms with Crippen LogP contribution in [0.15, 0.2) is 45.8 Å². The van der Waals surface area contributed by atoms with Crippen LogP contribution in [-0.4, -0.2) is 22.1 Å². The van der Waals surface area contributed by atoms with Gasteiger partial charge < -0.3 is 4.98 Å². The highest BCUT2D eigenvalue weighted by Gasteiger charge is 2.13. The second-order valence-electron chi connectivity index (χ2n) is 6.25. The number of H-pyrrole nitrogens is 1. The molecule has 0 aliphatic rings. The van der Waals surface area contributed by atoms with Crippen molar-refractivity contribution < 1.29 is 4.79 Å². The quantitative estimate of drug-likeness (QED) is 0.526. The molecule has 2 heterocycles. The predicted molar refractivity (Wildman–Crippen MR) is 110 cm³/mol. The molecule has 1 amide bonds. The maximum absolute atomic E-state index is 12.2. The third kappa shape index (κ3) is 4.57. The number of nitrogens with one attached hydrogen (secondary N) is 2. The molecule has 0 fully saturated rings. The van der Waals surface area contributed by atoms with E-state index in [1.54, 1.807) is 6.21 Å². The summed E-state index contributed by atoms with van der Waals surface area (Å²) >= 11 is 1.46. The van der Waals surface area contributed by atoms with Crippen molar-refractivity contribution in [3.05, 3.63) is 68.1 Å². The van der Waals surface area contributed by atoms with Crippen molar-refractivity contribution >= 4 is 39.8 Å². The van der Waals surface area contributed by atoms with E-state index in [1.807, 2.05) is 57.2 Å². The van der Waals surface area contributed by atoms with Crippen molar-refractivity contribution in [2.75, 3.05) is 0 Å². The molecule has 0 bridgehead atoms. The average molecular weight is 380 g/mol. The summed E-state index contributed by atoms with van der Waals surface area (Å²) in [4.78, 5) is 33.1. The smallest absolute Gasteiger partial charge is 0.259 e. The number of aromatic nitrogens is 2. The first-order chi connectivity index (χ1) is 12.9. The van der Waals surface area contributed by atoms with Gasteiger partial charge >= 0.3 is 0 Å². The van der Waals surface area contributed by atoms with Crippen molar-refractivity contribution in [2.45, 2.75) is 27.2 Å². The number of carbonyl (C=O) groups is 1. The molecule has 3 rings (SSSR count). The van der Waals surface area contributed by atoms with Gasteiger partial charge in [0.25, 0.3) is 5.56 Å². The molecular weight excluding hydrogens is 360 g/mol. The number of allylic oxidation sites excluding steroid dienone is 1.